The van der Waals surface area contributed by atoms with Gasteiger partial charge in [0.05, 0.1) is 14.2 Å². The van der Waals surface area contributed by atoms with Crippen LogP contribution in [0.25, 0.3) is 6.08 Å². The average Bonchev–Trinajstić information content (AvgIpc) is 2.58. The fraction of sp³-hybridized carbons (Fsp3) is 0.526. The van der Waals surface area contributed by atoms with Crippen LogP contribution in [0.1, 0.15) is 56.1 Å². The van der Waals surface area contributed by atoms with Crippen LogP contribution in [-0.4, -0.2) is 30.7 Å². The molecule has 5 nitrogen and oxygen atoms in total. The standard InChI is InChI=1S/C19H28O5/c1-14-15(12-10-8-6-4-5-7-9-11-13-20)17(22)19(24-3)18(23-2)16(14)21/h10,12-13,21-22H,4-9,11H2,1-3H3. The Bertz CT molecular complexity index is 564. The van der Waals surface area contributed by atoms with Crippen LogP contribution in [-0.2, 0) is 4.79 Å². The number of phenols is 2. The normalized spacial score (nSPS) is 11.0. The lowest BCUT2D eigenvalue weighted by Crippen LogP contribution is -1.96. The van der Waals surface area contributed by atoms with E-state index in [2.05, 4.69) is 0 Å². The first-order chi connectivity index (χ1) is 11.6. The zero-order valence-corrected chi connectivity index (χ0v) is 14.8. The third kappa shape index (κ3) is 5.18. The van der Waals surface area contributed by atoms with E-state index in [0.717, 1.165) is 44.8 Å². The van der Waals surface area contributed by atoms with Gasteiger partial charge in [-0.3, -0.25) is 0 Å². The number of hydrogen-bond acceptors (Lipinski definition) is 5. The molecule has 0 fully saturated rings. The largest absolute Gasteiger partial charge is 0.504 e. The van der Waals surface area contributed by atoms with Crippen molar-refractivity contribution in [3.8, 4) is 23.0 Å². The maximum absolute atomic E-state index is 10.3. The Morgan fingerprint density at radius 2 is 1.42 bits per heavy atom. The van der Waals surface area contributed by atoms with Crippen LogP contribution in [0.15, 0.2) is 6.08 Å². The second-order valence-electron chi connectivity index (χ2n) is 5.72. The van der Waals surface area contributed by atoms with Gasteiger partial charge in [-0.25, -0.2) is 0 Å². The van der Waals surface area contributed by atoms with Crippen LogP contribution in [0.3, 0.4) is 0 Å². The number of phenolic OH excluding ortho intramolecular Hbond substituents is 2. The molecule has 0 aliphatic heterocycles. The number of hydrogen-bond donors (Lipinski definition) is 2. The Morgan fingerprint density at radius 1 is 0.875 bits per heavy atom. The number of ether oxygens (including phenoxy) is 2. The second kappa shape index (κ2) is 10.6. The minimum Gasteiger partial charge on any atom is -0.504 e. The number of carbonyl (C=O) groups excluding carboxylic acids is 1. The predicted octanol–water partition coefficient (Wildman–Crippen LogP) is 4.37. The van der Waals surface area contributed by atoms with Crippen molar-refractivity contribution in [3.63, 3.8) is 0 Å². The first-order valence-corrected chi connectivity index (χ1v) is 8.35. The zero-order valence-electron chi connectivity index (χ0n) is 14.8. The number of benzene rings is 1. The maximum Gasteiger partial charge on any atom is 0.207 e. The Kier molecular flexibility index (Phi) is 8.76. The van der Waals surface area contributed by atoms with E-state index in [1.54, 1.807) is 13.0 Å². The highest BCUT2D eigenvalue weighted by molar-refractivity contribution is 5.74. The molecule has 0 bridgehead atoms. The van der Waals surface area contributed by atoms with E-state index in [1.807, 2.05) is 6.08 Å². The van der Waals surface area contributed by atoms with Crippen LogP contribution in [0, 0.1) is 6.92 Å². The van der Waals surface area contributed by atoms with E-state index in [9.17, 15) is 15.0 Å². The summed E-state index contributed by atoms with van der Waals surface area (Å²) in [7, 11) is 2.84. The molecule has 0 amide bonds. The van der Waals surface area contributed by atoms with Crippen molar-refractivity contribution >= 4 is 12.4 Å². The molecule has 0 unspecified atom stereocenters. The van der Waals surface area contributed by atoms with Gasteiger partial charge in [-0.05, 0) is 26.2 Å². The minimum atomic E-state index is -0.0326. The van der Waals surface area contributed by atoms with Gasteiger partial charge < -0.3 is 24.5 Å². The Labute approximate surface area is 143 Å². The SMILES string of the molecule is COc1c(O)c(C)c(C=CCCCCCCCC=O)c(O)c1OC. The quantitative estimate of drug-likeness (QED) is 0.356. The zero-order chi connectivity index (χ0) is 17.9. The van der Waals surface area contributed by atoms with E-state index in [0.29, 0.717) is 17.5 Å². The molecule has 0 spiro atoms. The lowest BCUT2D eigenvalue weighted by Gasteiger charge is -2.16. The van der Waals surface area contributed by atoms with Gasteiger partial charge in [0.2, 0.25) is 11.5 Å². The molecule has 0 aliphatic rings. The summed E-state index contributed by atoms with van der Waals surface area (Å²) in [5, 5.41) is 20.5. The van der Waals surface area contributed by atoms with E-state index >= 15 is 0 Å². The van der Waals surface area contributed by atoms with Crippen LogP contribution >= 0.6 is 0 Å². The van der Waals surface area contributed by atoms with Crippen molar-refractivity contribution in [1.29, 1.82) is 0 Å². The number of aldehydes is 1. The average molecular weight is 336 g/mol. The van der Waals surface area contributed by atoms with Crippen molar-refractivity contribution < 1.29 is 24.5 Å². The molecule has 1 rings (SSSR count). The topological polar surface area (TPSA) is 76.0 Å². The van der Waals surface area contributed by atoms with Crippen LogP contribution in [0.2, 0.25) is 0 Å². The maximum atomic E-state index is 10.3. The summed E-state index contributed by atoms with van der Waals surface area (Å²) >= 11 is 0. The fourth-order valence-corrected chi connectivity index (χ4v) is 2.62. The lowest BCUT2D eigenvalue weighted by molar-refractivity contribution is -0.107. The van der Waals surface area contributed by atoms with Gasteiger partial charge in [0.25, 0.3) is 0 Å². The summed E-state index contributed by atoms with van der Waals surface area (Å²) in [6, 6.07) is 0. The predicted molar refractivity (Wildman–Crippen MR) is 95.0 cm³/mol. The summed E-state index contributed by atoms with van der Waals surface area (Å²) in [5.74, 6) is 0.215. The van der Waals surface area contributed by atoms with Gasteiger partial charge >= 0.3 is 0 Å². The monoisotopic (exact) mass is 336 g/mol. The van der Waals surface area contributed by atoms with Crippen molar-refractivity contribution in [2.45, 2.75) is 51.9 Å². The summed E-state index contributed by atoms with van der Waals surface area (Å²) in [6.45, 7) is 1.73. The molecule has 0 radical (unpaired) electrons. The van der Waals surface area contributed by atoms with Gasteiger partial charge in [-0.1, -0.05) is 31.4 Å². The highest BCUT2D eigenvalue weighted by Gasteiger charge is 2.21. The number of unbranched alkanes of at least 4 members (excludes halogenated alkanes) is 6. The molecule has 24 heavy (non-hydrogen) atoms. The van der Waals surface area contributed by atoms with E-state index < -0.39 is 0 Å². The molecule has 2 N–H and O–H groups in total. The summed E-state index contributed by atoms with van der Waals surface area (Å²) in [6.07, 6.45) is 11.7. The number of methoxy groups -OCH3 is 2. The van der Waals surface area contributed by atoms with Crippen LogP contribution < -0.4 is 9.47 Å². The number of aromatic hydroxyl groups is 2. The van der Waals surface area contributed by atoms with Gasteiger partial charge in [0, 0.05) is 17.5 Å². The Balaban J connectivity index is 2.64. The van der Waals surface area contributed by atoms with Crippen molar-refractivity contribution in [3.05, 3.63) is 17.2 Å². The molecule has 1 aromatic rings. The van der Waals surface area contributed by atoms with Crippen molar-refractivity contribution in [1.82, 2.24) is 0 Å². The molecule has 1 aromatic carbocycles. The minimum absolute atomic E-state index is 0.0259. The van der Waals surface area contributed by atoms with Crippen LogP contribution in [0.5, 0.6) is 23.0 Å². The van der Waals surface area contributed by atoms with Gasteiger partial charge in [-0.2, -0.15) is 0 Å². The second-order valence-corrected chi connectivity index (χ2v) is 5.72. The molecule has 5 heteroatoms. The lowest BCUT2D eigenvalue weighted by atomic mass is 10.0. The summed E-state index contributed by atoms with van der Waals surface area (Å²) in [4.78, 5) is 10.2. The fourth-order valence-electron chi connectivity index (χ4n) is 2.62. The molecule has 0 aliphatic carbocycles. The van der Waals surface area contributed by atoms with Gasteiger partial charge in [-0.15, -0.1) is 0 Å². The van der Waals surface area contributed by atoms with Gasteiger partial charge in [0.1, 0.15) is 6.29 Å². The Hall–Kier alpha value is -2.17. The molecular formula is C19H28O5. The van der Waals surface area contributed by atoms with E-state index in [-0.39, 0.29) is 23.0 Å². The Morgan fingerprint density at radius 3 is 2.00 bits per heavy atom. The highest BCUT2D eigenvalue weighted by atomic mass is 16.5. The first-order valence-electron chi connectivity index (χ1n) is 8.35. The molecule has 0 heterocycles. The molecule has 0 atom stereocenters. The molecular weight excluding hydrogens is 308 g/mol. The third-order valence-electron chi connectivity index (χ3n) is 4.04. The van der Waals surface area contributed by atoms with Crippen LogP contribution in [0.4, 0.5) is 0 Å². The van der Waals surface area contributed by atoms with E-state index in [1.165, 1.54) is 14.2 Å². The third-order valence-corrected chi connectivity index (χ3v) is 4.04. The van der Waals surface area contributed by atoms with E-state index in [4.69, 9.17) is 9.47 Å². The summed E-state index contributed by atoms with van der Waals surface area (Å²) < 4.78 is 10.2. The number of rotatable bonds is 11. The smallest absolute Gasteiger partial charge is 0.207 e. The molecule has 0 saturated carbocycles. The summed E-state index contributed by atoms with van der Waals surface area (Å²) in [5.41, 5.74) is 1.09. The highest BCUT2D eigenvalue weighted by Crippen LogP contribution is 2.48. The number of carbonyl (C=O) groups is 1. The first kappa shape index (κ1) is 19.9. The molecule has 0 aromatic heterocycles. The number of allylic oxidation sites excluding steroid dienone is 1. The molecule has 134 valence electrons. The molecule has 0 saturated heterocycles. The van der Waals surface area contributed by atoms with Gasteiger partial charge in [0.15, 0.2) is 11.5 Å². The van der Waals surface area contributed by atoms with Crippen molar-refractivity contribution in [2.24, 2.45) is 0 Å². The van der Waals surface area contributed by atoms with Crippen molar-refractivity contribution in [2.75, 3.05) is 14.2 Å².